The monoisotopic (exact) mass is 723 g/mol. The molecule has 1 amide bonds. The van der Waals surface area contributed by atoms with Crippen molar-refractivity contribution in [1.82, 2.24) is 9.80 Å². The number of amides is 1. The van der Waals surface area contributed by atoms with Crippen LogP contribution in [0.4, 0.5) is 0 Å². The van der Waals surface area contributed by atoms with Crippen LogP contribution < -0.4 is 0 Å². The van der Waals surface area contributed by atoms with E-state index in [0.29, 0.717) is 44.9 Å². The Morgan fingerprint density at radius 2 is 0.920 bits per heavy atom. The van der Waals surface area contributed by atoms with E-state index in [1.807, 2.05) is 26.2 Å². The average molecular weight is 723 g/mol. The van der Waals surface area contributed by atoms with Crippen molar-refractivity contribution in [3.63, 3.8) is 0 Å². The van der Waals surface area contributed by atoms with E-state index in [1.165, 1.54) is 116 Å². The first-order valence-electron chi connectivity index (χ1n) is 20.5. The highest BCUT2D eigenvalue weighted by Gasteiger charge is 2.15. The maximum atomic E-state index is 13.0. The lowest BCUT2D eigenvalue weighted by atomic mass is 10.1. The van der Waals surface area contributed by atoms with Crippen molar-refractivity contribution >= 4 is 29.6 Å². The fourth-order valence-corrected chi connectivity index (χ4v) is 6.63. The van der Waals surface area contributed by atoms with Crippen LogP contribution in [-0.2, 0) is 23.9 Å². The number of nitrogens with zero attached hydrogens (tertiary/aromatic N) is 2. The third-order valence-electron chi connectivity index (χ3n) is 8.84. The van der Waals surface area contributed by atoms with Gasteiger partial charge in [0.1, 0.15) is 13.2 Å². The molecule has 0 unspecified atom stereocenters. The molecule has 50 heavy (non-hydrogen) atoms. The van der Waals surface area contributed by atoms with Crippen LogP contribution in [0, 0.1) is 0 Å². The number of esters is 2. The number of thioether (sulfide) groups is 1. The number of carbonyl (C=O) groups is 3. The summed E-state index contributed by atoms with van der Waals surface area (Å²) in [6.07, 6.45) is 35.6. The van der Waals surface area contributed by atoms with Gasteiger partial charge in [-0.1, -0.05) is 141 Å². The van der Waals surface area contributed by atoms with Crippen molar-refractivity contribution in [2.45, 2.75) is 168 Å². The topological polar surface area (TPSA) is 76.1 Å². The summed E-state index contributed by atoms with van der Waals surface area (Å²) in [5, 5.41) is 0. The second-order valence-electron chi connectivity index (χ2n) is 14.0. The van der Waals surface area contributed by atoms with Crippen LogP contribution in [0.5, 0.6) is 0 Å². The quantitative estimate of drug-likeness (QED) is 0.0359. The zero-order valence-corrected chi connectivity index (χ0v) is 33.9. The lowest BCUT2D eigenvalue weighted by Gasteiger charge is -2.22. The Hall–Kier alpha value is -1.80. The van der Waals surface area contributed by atoms with Crippen LogP contribution in [-0.4, -0.2) is 86.1 Å². The van der Waals surface area contributed by atoms with Crippen molar-refractivity contribution in [3.8, 4) is 0 Å². The lowest BCUT2D eigenvalue weighted by Crippen LogP contribution is -2.35. The van der Waals surface area contributed by atoms with Crippen molar-refractivity contribution in [2.24, 2.45) is 0 Å². The zero-order chi connectivity index (χ0) is 36.8. The number of rotatable bonds is 37. The van der Waals surface area contributed by atoms with Gasteiger partial charge < -0.3 is 19.3 Å². The molecule has 8 heteroatoms. The van der Waals surface area contributed by atoms with Gasteiger partial charge in [-0.15, -0.1) is 0 Å². The number of unbranched alkanes of at least 4 members (excludes halogenated alkanes) is 18. The van der Waals surface area contributed by atoms with E-state index in [0.717, 1.165) is 25.1 Å². The fourth-order valence-electron chi connectivity index (χ4n) is 5.63. The number of hydrogen-bond acceptors (Lipinski definition) is 7. The highest BCUT2D eigenvalue weighted by Crippen LogP contribution is 2.12. The normalized spacial score (nSPS) is 11.6. The molecule has 0 aliphatic rings. The molecule has 0 fully saturated rings. The molecule has 0 saturated heterocycles. The Morgan fingerprint density at radius 3 is 1.32 bits per heavy atom. The summed E-state index contributed by atoms with van der Waals surface area (Å²) in [4.78, 5) is 41.5. The summed E-state index contributed by atoms with van der Waals surface area (Å²) < 4.78 is 10.8. The summed E-state index contributed by atoms with van der Waals surface area (Å²) in [7, 11) is 4.04. The molecule has 0 saturated carbocycles. The molecule has 0 aromatic rings. The largest absolute Gasteiger partial charge is 0.461 e. The maximum Gasteiger partial charge on any atom is 0.306 e. The molecule has 292 valence electrons. The van der Waals surface area contributed by atoms with Gasteiger partial charge >= 0.3 is 11.9 Å². The lowest BCUT2D eigenvalue weighted by molar-refractivity contribution is -0.143. The third kappa shape index (κ3) is 36.0. The number of hydrogen-bond donors (Lipinski definition) is 0. The van der Waals surface area contributed by atoms with E-state index in [4.69, 9.17) is 9.47 Å². The molecule has 0 aromatic carbocycles. The Morgan fingerprint density at radius 1 is 0.520 bits per heavy atom. The molecule has 0 aromatic heterocycles. The molecule has 0 N–H and O–H groups in total. The molecular weight excluding hydrogens is 645 g/mol. The molecule has 0 heterocycles. The fraction of sp³-hybridized carbons (Fsp3) is 0.833. The van der Waals surface area contributed by atoms with E-state index in [-0.39, 0.29) is 30.7 Å². The van der Waals surface area contributed by atoms with Crippen molar-refractivity contribution in [1.29, 1.82) is 0 Å². The highest BCUT2D eigenvalue weighted by atomic mass is 32.2. The van der Waals surface area contributed by atoms with Crippen molar-refractivity contribution in [2.75, 3.05) is 58.4 Å². The van der Waals surface area contributed by atoms with Crippen LogP contribution in [0.1, 0.15) is 168 Å². The first-order chi connectivity index (χ1) is 24.4. The van der Waals surface area contributed by atoms with Crippen LogP contribution >= 0.6 is 11.8 Å². The standard InChI is InChI=1S/C42H78N2O5S/c1-5-7-9-11-13-15-17-19-21-23-25-27-36-48-41(46)31-29-33-44(40(45)39-50-38-35-43(3)4)34-30-32-42(47)49-37-28-26-24-22-20-18-16-14-12-10-8-6-2/h25-28H,5-24,29-39H2,1-4H3. The van der Waals surface area contributed by atoms with Gasteiger partial charge in [0, 0.05) is 38.2 Å². The van der Waals surface area contributed by atoms with Gasteiger partial charge in [0.15, 0.2) is 0 Å². The molecule has 0 bridgehead atoms. The smallest absolute Gasteiger partial charge is 0.306 e. The average Bonchev–Trinajstić information content (AvgIpc) is 3.09. The van der Waals surface area contributed by atoms with Gasteiger partial charge in [-0.25, -0.2) is 0 Å². The minimum atomic E-state index is -0.236. The Labute approximate surface area is 313 Å². The Balaban J connectivity index is 4.21. The summed E-state index contributed by atoms with van der Waals surface area (Å²) >= 11 is 1.62. The van der Waals surface area contributed by atoms with E-state index in [2.05, 4.69) is 30.9 Å². The minimum Gasteiger partial charge on any atom is -0.461 e. The van der Waals surface area contributed by atoms with E-state index in [1.54, 1.807) is 16.7 Å². The molecule has 0 atom stereocenters. The summed E-state index contributed by atoms with van der Waals surface area (Å²) in [5.41, 5.74) is 0. The predicted molar refractivity (Wildman–Crippen MR) is 215 cm³/mol. The van der Waals surface area contributed by atoms with E-state index in [9.17, 15) is 14.4 Å². The molecular formula is C42H78N2O5S. The highest BCUT2D eigenvalue weighted by molar-refractivity contribution is 7.99. The molecule has 0 rings (SSSR count). The second-order valence-corrected chi connectivity index (χ2v) is 15.1. The summed E-state index contributed by atoms with van der Waals surface area (Å²) in [5.74, 6) is 0.856. The predicted octanol–water partition coefficient (Wildman–Crippen LogP) is 10.7. The van der Waals surface area contributed by atoms with Gasteiger partial charge in [0.05, 0.1) is 5.75 Å². The number of ether oxygens (including phenoxy) is 2. The molecule has 0 aliphatic carbocycles. The second kappa shape index (κ2) is 38.4. The molecule has 7 nitrogen and oxygen atoms in total. The van der Waals surface area contributed by atoms with Gasteiger partial charge in [-0.05, 0) is 52.6 Å². The van der Waals surface area contributed by atoms with Crippen LogP contribution in [0.15, 0.2) is 24.3 Å². The number of carbonyl (C=O) groups excluding carboxylic acids is 3. The SMILES string of the molecule is CCCCCCCCCCCC=CCOC(=O)CCCN(CCCC(=O)OCC=CCCCCCCCCCCC)C(=O)CSCCN(C)C. The molecule has 0 aliphatic heterocycles. The maximum absolute atomic E-state index is 13.0. The van der Waals surface area contributed by atoms with Gasteiger partial charge in [0.25, 0.3) is 0 Å². The third-order valence-corrected chi connectivity index (χ3v) is 9.76. The summed E-state index contributed by atoms with van der Waals surface area (Å²) in [6, 6.07) is 0. The first kappa shape index (κ1) is 48.2. The molecule has 0 spiro atoms. The van der Waals surface area contributed by atoms with Gasteiger partial charge in [-0.2, -0.15) is 11.8 Å². The minimum absolute atomic E-state index is 0.0503. The van der Waals surface area contributed by atoms with Crippen LogP contribution in [0.25, 0.3) is 0 Å². The summed E-state index contributed by atoms with van der Waals surface area (Å²) in [6.45, 7) is 6.99. The van der Waals surface area contributed by atoms with Crippen LogP contribution in [0.2, 0.25) is 0 Å². The number of allylic oxidation sites excluding steroid dienone is 2. The van der Waals surface area contributed by atoms with E-state index >= 15 is 0 Å². The van der Waals surface area contributed by atoms with Crippen molar-refractivity contribution in [3.05, 3.63) is 24.3 Å². The Kier molecular flexibility index (Phi) is 37.0. The van der Waals surface area contributed by atoms with Gasteiger partial charge in [0.2, 0.25) is 5.91 Å². The molecule has 0 radical (unpaired) electrons. The van der Waals surface area contributed by atoms with E-state index < -0.39 is 0 Å². The Bertz CT molecular complexity index is 794. The first-order valence-corrected chi connectivity index (χ1v) is 21.7. The van der Waals surface area contributed by atoms with Crippen molar-refractivity contribution < 1.29 is 23.9 Å². The van der Waals surface area contributed by atoms with Crippen LogP contribution in [0.3, 0.4) is 0 Å². The van der Waals surface area contributed by atoms with Gasteiger partial charge in [-0.3, -0.25) is 14.4 Å². The zero-order valence-electron chi connectivity index (χ0n) is 33.1.